The van der Waals surface area contributed by atoms with E-state index in [-0.39, 0.29) is 12.5 Å². The molecule has 0 amide bonds. The second-order valence-electron chi connectivity index (χ2n) is 4.10. The van der Waals surface area contributed by atoms with Crippen LogP contribution < -0.4 is 0 Å². The van der Waals surface area contributed by atoms with Gasteiger partial charge < -0.3 is 9.84 Å². The van der Waals surface area contributed by atoms with Crippen molar-refractivity contribution in [2.75, 3.05) is 20.3 Å². The molecule has 0 fully saturated rings. The molecule has 1 aromatic rings. The Kier molecular flexibility index (Phi) is 6.03. The van der Waals surface area contributed by atoms with Crippen LogP contribution in [0.2, 0.25) is 0 Å². The van der Waals surface area contributed by atoms with Gasteiger partial charge in [0.25, 0.3) is 0 Å². The van der Waals surface area contributed by atoms with Crippen LogP contribution in [0, 0.1) is 5.92 Å². The topological polar surface area (TPSA) is 29.5 Å². The number of rotatable bonds is 6. The molecule has 1 rings (SSSR count). The van der Waals surface area contributed by atoms with Gasteiger partial charge in [0.15, 0.2) is 0 Å². The monoisotopic (exact) mass is 286 g/mol. The molecule has 3 heteroatoms. The maximum atomic E-state index is 9.47. The molecule has 90 valence electrons. The van der Waals surface area contributed by atoms with Gasteiger partial charge in [-0.3, -0.25) is 0 Å². The van der Waals surface area contributed by atoms with Crippen molar-refractivity contribution in [3.63, 3.8) is 0 Å². The van der Waals surface area contributed by atoms with Crippen molar-refractivity contribution in [3.8, 4) is 0 Å². The zero-order valence-electron chi connectivity index (χ0n) is 9.82. The van der Waals surface area contributed by atoms with Crippen molar-refractivity contribution < 1.29 is 9.84 Å². The predicted molar refractivity (Wildman–Crippen MR) is 69.6 cm³/mol. The Morgan fingerprint density at radius 2 is 1.94 bits per heavy atom. The van der Waals surface area contributed by atoms with Gasteiger partial charge >= 0.3 is 0 Å². The second kappa shape index (κ2) is 7.05. The molecule has 0 aliphatic rings. The van der Waals surface area contributed by atoms with Crippen molar-refractivity contribution in [1.29, 1.82) is 0 Å². The van der Waals surface area contributed by atoms with Crippen LogP contribution in [0.1, 0.15) is 24.8 Å². The minimum Gasteiger partial charge on any atom is -0.396 e. The van der Waals surface area contributed by atoms with Crippen LogP contribution in [0.4, 0.5) is 0 Å². The zero-order valence-corrected chi connectivity index (χ0v) is 11.4. The number of hydrogen-bond donors (Lipinski definition) is 1. The summed E-state index contributed by atoms with van der Waals surface area (Å²) in [5.41, 5.74) is 1.19. The van der Waals surface area contributed by atoms with Crippen LogP contribution in [0.5, 0.6) is 0 Å². The molecule has 0 aliphatic carbocycles. The van der Waals surface area contributed by atoms with E-state index in [1.54, 1.807) is 7.11 Å². The first kappa shape index (κ1) is 13.7. The number of hydrogen-bond acceptors (Lipinski definition) is 2. The summed E-state index contributed by atoms with van der Waals surface area (Å²) in [6.45, 7) is 3.09. The summed E-state index contributed by atoms with van der Waals surface area (Å²) >= 11 is 3.41. The first-order valence-corrected chi connectivity index (χ1v) is 6.33. The van der Waals surface area contributed by atoms with Crippen molar-refractivity contribution in [1.82, 2.24) is 0 Å². The number of benzene rings is 1. The highest BCUT2D eigenvalue weighted by Gasteiger charge is 2.18. The molecule has 0 spiro atoms. The molecule has 0 aromatic heterocycles. The van der Waals surface area contributed by atoms with E-state index in [1.165, 1.54) is 5.56 Å². The molecule has 2 atom stereocenters. The molecule has 0 saturated heterocycles. The van der Waals surface area contributed by atoms with Gasteiger partial charge in [-0.1, -0.05) is 35.0 Å². The lowest BCUT2D eigenvalue weighted by atomic mass is 9.86. The lowest BCUT2D eigenvalue weighted by Crippen LogP contribution is -2.15. The summed E-state index contributed by atoms with van der Waals surface area (Å²) in [5.74, 6) is 0.620. The number of ether oxygens (including phenoxy) is 1. The smallest absolute Gasteiger partial charge is 0.0502 e. The Labute approximate surface area is 106 Å². The van der Waals surface area contributed by atoms with Crippen LogP contribution in [-0.2, 0) is 4.74 Å². The first-order chi connectivity index (χ1) is 7.69. The average molecular weight is 287 g/mol. The van der Waals surface area contributed by atoms with E-state index in [2.05, 4.69) is 35.0 Å². The maximum absolute atomic E-state index is 9.47. The van der Waals surface area contributed by atoms with Crippen molar-refractivity contribution in [2.24, 2.45) is 5.92 Å². The Bertz CT molecular complexity index is 297. The van der Waals surface area contributed by atoms with Crippen molar-refractivity contribution in [3.05, 3.63) is 34.3 Å². The van der Waals surface area contributed by atoms with Crippen molar-refractivity contribution in [2.45, 2.75) is 19.3 Å². The number of methoxy groups -OCH3 is 1. The zero-order chi connectivity index (χ0) is 12.0. The van der Waals surface area contributed by atoms with E-state index < -0.39 is 0 Å². The van der Waals surface area contributed by atoms with E-state index in [9.17, 15) is 5.11 Å². The van der Waals surface area contributed by atoms with Gasteiger partial charge in [-0.05, 0) is 30.0 Å². The third-order valence-corrected chi connectivity index (χ3v) is 3.49. The number of aliphatic hydroxyl groups is 1. The summed E-state index contributed by atoms with van der Waals surface area (Å²) < 4.78 is 6.14. The number of halogens is 1. The van der Waals surface area contributed by atoms with E-state index in [0.29, 0.717) is 5.92 Å². The SMILES string of the molecule is COCCC(C)C(CO)c1ccc(Br)cc1. The highest BCUT2D eigenvalue weighted by molar-refractivity contribution is 9.10. The number of aliphatic hydroxyl groups excluding tert-OH is 1. The Balaban J connectivity index is 2.69. The normalized spacial score (nSPS) is 14.8. The molecule has 2 unspecified atom stereocenters. The molecule has 0 radical (unpaired) electrons. The van der Waals surface area contributed by atoms with Crippen LogP contribution in [0.15, 0.2) is 28.7 Å². The van der Waals surface area contributed by atoms with Crippen molar-refractivity contribution >= 4 is 15.9 Å². The maximum Gasteiger partial charge on any atom is 0.0502 e. The molecular formula is C13H19BrO2. The Morgan fingerprint density at radius 3 is 2.44 bits per heavy atom. The fraction of sp³-hybridized carbons (Fsp3) is 0.538. The molecule has 2 nitrogen and oxygen atoms in total. The predicted octanol–water partition coefficient (Wildman–Crippen LogP) is 3.20. The molecular weight excluding hydrogens is 268 g/mol. The summed E-state index contributed by atoms with van der Waals surface area (Å²) in [6, 6.07) is 8.16. The summed E-state index contributed by atoms with van der Waals surface area (Å²) in [6.07, 6.45) is 0.970. The molecule has 0 aliphatic heterocycles. The molecule has 16 heavy (non-hydrogen) atoms. The highest BCUT2D eigenvalue weighted by atomic mass is 79.9. The lowest BCUT2D eigenvalue weighted by molar-refractivity contribution is 0.159. The Morgan fingerprint density at radius 1 is 1.31 bits per heavy atom. The van der Waals surface area contributed by atoms with Crippen LogP contribution in [0.25, 0.3) is 0 Å². The third-order valence-electron chi connectivity index (χ3n) is 2.96. The van der Waals surface area contributed by atoms with Gasteiger partial charge in [0, 0.05) is 24.1 Å². The minimum atomic E-state index is 0.187. The van der Waals surface area contributed by atoms with Crippen LogP contribution in [0.3, 0.4) is 0 Å². The quantitative estimate of drug-likeness (QED) is 0.870. The summed E-state index contributed by atoms with van der Waals surface area (Å²) in [5, 5.41) is 9.47. The van der Waals surface area contributed by atoms with Gasteiger partial charge in [0.05, 0.1) is 6.61 Å². The van der Waals surface area contributed by atoms with Gasteiger partial charge in [-0.2, -0.15) is 0 Å². The second-order valence-corrected chi connectivity index (χ2v) is 5.02. The standard InChI is InChI=1S/C13H19BrO2/c1-10(7-8-16-2)13(9-15)11-3-5-12(14)6-4-11/h3-6,10,13,15H,7-9H2,1-2H3. The molecule has 0 bridgehead atoms. The fourth-order valence-electron chi connectivity index (χ4n) is 1.83. The highest BCUT2D eigenvalue weighted by Crippen LogP contribution is 2.27. The van der Waals surface area contributed by atoms with Crippen LogP contribution >= 0.6 is 15.9 Å². The van der Waals surface area contributed by atoms with E-state index in [0.717, 1.165) is 17.5 Å². The molecule has 1 aromatic carbocycles. The lowest BCUT2D eigenvalue weighted by Gasteiger charge is -2.22. The van der Waals surface area contributed by atoms with Gasteiger partial charge in [0.1, 0.15) is 0 Å². The third kappa shape index (κ3) is 3.89. The van der Waals surface area contributed by atoms with E-state index in [4.69, 9.17) is 4.74 Å². The van der Waals surface area contributed by atoms with E-state index >= 15 is 0 Å². The minimum absolute atomic E-state index is 0.187. The Hall–Kier alpha value is -0.380. The molecule has 0 saturated carbocycles. The average Bonchev–Trinajstić information content (AvgIpc) is 2.30. The fourth-order valence-corrected chi connectivity index (χ4v) is 2.09. The largest absolute Gasteiger partial charge is 0.396 e. The van der Waals surface area contributed by atoms with E-state index in [1.807, 2.05) is 12.1 Å². The first-order valence-electron chi connectivity index (χ1n) is 5.54. The van der Waals surface area contributed by atoms with Gasteiger partial charge in [-0.25, -0.2) is 0 Å². The van der Waals surface area contributed by atoms with Gasteiger partial charge in [0.2, 0.25) is 0 Å². The van der Waals surface area contributed by atoms with Gasteiger partial charge in [-0.15, -0.1) is 0 Å². The molecule has 1 N–H and O–H groups in total. The summed E-state index contributed by atoms with van der Waals surface area (Å²) in [7, 11) is 1.71. The summed E-state index contributed by atoms with van der Waals surface area (Å²) in [4.78, 5) is 0. The molecule has 0 heterocycles. The van der Waals surface area contributed by atoms with Crippen LogP contribution in [-0.4, -0.2) is 25.4 Å².